The van der Waals surface area contributed by atoms with Gasteiger partial charge < -0.3 is 16.2 Å². The van der Waals surface area contributed by atoms with Gasteiger partial charge in [-0.15, -0.1) is 0 Å². The molecule has 2 atom stereocenters. The van der Waals surface area contributed by atoms with E-state index >= 15 is 0 Å². The number of carbonyl (C=O) groups is 1. The lowest BCUT2D eigenvalue weighted by molar-refractivity contribution is -0.122. The van der Waals surface area contributed by atoms with Crippen molar-refractivity contribution in [2.45, 2.75) is 64.8 Å². The Morgan fingerprint density at radius 2 is 2.00 bits per heavy atom. The van der Waals surface area contributed by atoms with Gasteiger partial charge in [-0.05, 0) is 32.1 Å². The second kappa shape index (κ2) is 9.34. The van der Waals surface area contributed by atoms with Crippen LogP contribution in [0.4, 0.5) is 0 Å². The minimum atomic E-state index is -0.907. The lowest BCUT2D eigenvalue weighted by Gasteiger charge is -2.20. The minimum absolute atomic E-state index is 0.447. The quantitative estimate of drug-likeness (QED) is 0.558. The summed E-state index contributed by atoms with van der Waals surface area (Å²) in [6.07, 6.45) is 6.26. The van der Waals surface area contributed by atoms with Crippen molar-refractivity contribution in [3.05, 3.63) is 0 Å². The molecule has 0 aliphatic rings. The molecule has 4 nitrogen and oxygen atoms in total. The van der Waals surface area contributed by atoms with Gasteiger partial charge in [-0.2, -0.15) is 0 Å². The van der Waals surface area contributed by atoms with Crippen LogP contribution >= 0.6 is 0 Å². The van der Waals surface area contributed by atoms with Gasteiger partial charge >= 0.3 is 0 Å². The molecule has 0 rings (SSSR count). The van der Waals surface area contributed by atoms with E-state index in [1.54, 1.807) is 6.92 Å². The highest BCUT2D eigenvalue weighted by Crippen LogP contribution is 2.13. The third-order valence-corrected chi connectivity index (χ3v) is 3.44. The third-order valence-electron chi connectivity index (χ3n) is 3.44. The molecule has 18 heavy (non-hydrogen) atoms. The van der Waals surface area contributed by atoms with Crippen LogP contribution in [0.3, 0.4) is 0 Å². The van der Waals surface area contributed by atoms with Crippen molar-refractivity contribution in [1.82, 2.24) is 0 Å². The molecule has 0 radical (unpaired) electrons. The average Bonchev–Trinajstić information content (AvgIpc) is 2.32. The maximum Gasteiger partial charge on any atom is 0.237 e. The average molecular weight is 258 g/mol. The number of rotatable bonds is 11. The normalized spacial score (nSPS) is 16.2. The number of hydrogen-bond acceptors (Lipinski definition) is 3. The first kappa shape index (κ1) is 17.4. The van der Waals surface area contributed by atoms with E-state index in [9.17, 15) is 4.79 Å². The van der Waals surface area contributed by atoms with Gasteiger partial charge in [0.25, 0.3) is 0 Å². The highest BCUT2D eigenvalue weighted by Gasteiger charge is 2.24. The zero-order chi connectivity index (χ0) is 14.0. The molecule has 0 saturated heterocycles. The van der Waals surface area contributed by atoms with E-state index < -0.39 is 11.4 Å². The van der Waals surface area contributed by atoms with Gasteiger partial charge in [0, 0.05) is 13.2 Å². The molecule has 0 heterocycles. The van der Waals surface area contributed by atoms with Crippen LogP contribution in [-0.2, 0) is 9.53 Å². The molecule has 2 unspecified atom stereocenters. The molecule has 0 bridgehead atoms. The van der Waals surface area contributed by atoms with Crippen molar-refractivity contribution in [2.75, 3.05) is 13.2 Å². The molecule has 108 valence electrons. The van der Waals surface area contributed by atoms with Crippen molar-refractivity contribution in [1.29, 1.82) is 0 Å². The second-order valence-electron chi connectivity index (χ2n) is 5.38. The molecule has 4 N–H and O–H groups in total. The van der Waals surface area contributed by atoms with Crippen molar-refractivity contribution < 1.29 is 9.53 Å². The summed E-state index contributed by atoms with van der Waals surface area (Å²) in [5.41, 5.74) is 10.1. The Bertz CT molecular complexity index is 230. The predicted molar refractivity (Wildman–Crippen MR) is 75.1 cm³/mol. The van der Waals surface area contributed by atoms with Crippen LogP contribution < -0.4 is 11.5 Å². The van der Waals surface area contributed by atoms with Crippen LogP contribution in [0.2, 0.25) is 0 Å². The standard InChI is InChI=1S/C14H30N2O2/c1-4-6-8-12(5-2)11-18-10-7-9-14(3,16)13(15)17/h12H,4-11,16H2,1-3H3,(H2,15,17). The molecule has 0 saturated carbocycles. The second-order valence-corrected chi connectivity index (χ2v) is 5.38. The lowest BCUT2D eigenvalue weighted by Crippen LogP contribution is -2.49. The van der Waals surface area contributed by atoms with E-state index in [1.165, 1.54) is 19.3 Å². The van der Waals surface area contributed by atoms with Gasteiger partial charge in [0.1, 0.15) is 0 Å². The van der Waals surface area contributed by atoms with E-state index in [0.29, 0.717) is 18.9 Å². The first-order chi connectivity index (χ1) is 8.44. The Kier molecular flexibility index (Phi) is 9.02. The van der Waals surface area contributed by atoms with Gasteiger partial charge in [-0.25, -0.2) is 0 Å². The Morgan fingerprint density at radius 3 is 2.50 bits per heavy atom. The summed E-state index contributed by atoms with van der Waals surface area (Å²) in [5.74, 6) is 0.210. The maximum absolute atomic E-state index is 11.0. The summed E-state index contributed by atoms with van der Waals surface area (Å²) in [6.45, 7) is 7.55. The third kappa shape index (κ3) is 7.67. The largest absolute Gasteiger partial charge is 0.381 e. The SMILES string of the molecule is CCCCC(CC)COCCCC(C)(N)C(N)=O. The van der Waals surface area contributed by atoms with Gasteiger partial charge in [-0.1, -0.05) is 33.1 Å². The van der Waals surface area contributed by atoms with Crippen LogP contribution in [0.25, 0.3) is 0 Å². The van der Waals surface area contributed by atoms with Gasteiger partial charge in [-0.3, -0.25) is 4.79 Å². The number of primary amides is 1. The van der Waals surface area contributed by atoms with E-state index in [0.717, 1.165) is 19.4 Å². The maximum atomic E-state index is 11.0. The summed E-state index contributed by atoms with van der Waals surface area (Å²) < 4.78 is 5.65. The van der Waals surface area contributed by atoms with Crippen LogP contribution in [0.5, 0.6) is 0 Å². The first-order valence-corrected chi connectivity index (χ1v) is 7.10. The van der Waals surface area contributed by atoms with Gasteiger partial charge in [0.2, 0.25) is 5.91 Å². The van der Waals surface area contributed by atoms with E-state index in [1.807, 2.05) is 0 Å². The highest BCUT2D eigenvalue weighted by molar-refractivity contribution is 5.83. The monoisotopic (exact) mass is 258 g/mol. The molecule has 1 amide bonds. The summed E-state index contributed by atoms with van der Waals surface area (Å²) in [4.78, 5) is 11.0. The van der Waals surface area contributed by atoms with Crippen LogP contribution in [-0.4, -0.2) is 24.7 Å². The molecule has 0 aromatic rings. The summed E-state index contributed by atoms with van der Waals surface area (Å²) in [5, 5.41) is 0. The molecule has 0 aromatic carbocycles. The number of unbranched alkanes of at least 4 members (excludes halogenated alkanes) is 1. The number of carbonyl (C=O) groups excluding carboxylic acids is 1. The number of ether oxygens (including phenoxy) is 1. The zero-order valence-electron chi connectivity index (χ0n) is 12.2. The van der Waals surface area contributed by atoms with E-state index in [2.05, 4.69) is 13.8 Å². The van der Waals surface area contributed by atoms with E-state index in [-0.39, 0.29) is 0 Å². The number of nitrogens with two attached hydrogens (primary N) is 2. The fourth-order valence-corrected chi connectivity index (χ4v) is 1.81. The highest BCUT2D eigenvalue weighted by atomic mass is 16.5. The summed E-state index contributed by atoms with van der Waals surface area (Å²) in [6, 6.07) is 0. The Hall–Kier alpha value is -0.610. The first-order valence-electron chi connectivity index (χ1n) is 7.10. The molecule has 0 aromatic heterocycles. The minimum Gasteiger partial charge on any atom is -0.381 e. The Balaban J connectivity index is 3.63. The molecule has 4 heteroatoms. The molecular weight excluding hydrogens is 228 g/mol. The van der Waals surface area contributed by atoms with Crippen LogP contribution in [0.1, 0.15) is 59.3 Å². The van der Waals surface area contributed by atoms with Crippen molar-refractivity contribution in [3.63, 3.8) is 0 Å². The van der Waals surface area contributed by atoms with Crippen molar-refractivity contribution >= 4 is 5.91 Å². The molecular formula is C14H30N2O2. The lowest BCUT2D eigenvalue weighted by atomic mass is 9.97. The Morgan fingerprint density at radius 1 is 1.33 bits per heavy atom. The topological polar surface area (TPSA) is 78.3 Å². The molecule has 0 fully saturated rings. The molecule has 0 aliphatic heterocycles. The van der Waals surface area contributed by atoms with Gasteiger partial charge in [0.05, 0.1) is 5.54 Å². The molecule has 0 spiro atoms. The van der Waals surface area contributed by atoms with E-state index in [4.69, 9.17) is 16.2 Å². The van der Waals surface area contributed by atoms with Crippen molar-refractivity contribution in [3.8, 4) is 0 Å². The van der Waals surface area contributed by atoms with Crippen LogP contribution in [0, 0.1) is 5.92 Å². The number of amides is 1. The fourth-order valence-electron chi connectivity index (χ4n) is 1.81. The van der Waals surface area contributed by atoms with Crippen molar-refractivity contribution in [2.24, 2.45) is 17.4 Å². The zero-order valence-corrected chi connectivity index (χ0v) is 12.2. The summed E-state index contributed by atoms with van der Waals surface area (Å²) in [7, 11) is 0. The van der Waals surface area contributed by atoms with Gasteiger partial charge in [0.15, 0.2) is 0 Å². The summed E-state index contributed by atoms with van der Waals surface area (Å²) >= 11 is 0. The van der Waals surface area contributed by atoms with Crippen LogP contribution in [0.15, 0.2) is 0 Å². The predicted octanol–water partition coefficient (Wildman–Crippen LogP) is 2.20. The fraction of sp³-hybridized carbons (Fsp3) is 0.929. The Labute approximate surface area is 111 Å². The molecule has 0 aliphatic carbocycles. The number of hydrogen-bond donors (Lipinski definition) is 2. The smallest absolute Gasteiger partial charge is 0.237 e.